The third kappa shape index (κ3) is 3.65. The van der Waals surface area contributed by atoms with E-state index in [2.05, 4.69) is 14.9 Å². The SMILES string of the molecule is O=C(c1csc(-c2ccc(N3CCOCC3)nc2)n1)N1CCOCC1. The average Bonchev–Trinajstić information content (AvgIpc) is 3.19. The molecule has 2 saturated heterocycles. The van der Waals surface area contributed by atoms with Gasteiger partial charge in [0.1, 0.15) is 16.5 Å². The molecule has 0 unspecified atom stereocenters. The maximum Gasteiger partial charge on any atom is 0.273 e. The van der Waals surface area contributed by atoms with Crippen LogP contribution in [0.4, 0.5) is 5.82 Å². The van der Waals surface area contributed by atoms with Gasteiger partial charge in [0.05, 0.1) is 26.4 Å². The smallest absolute Gasteiger partial charge is 0.273 e. The first-order valence-corrected chi connectivity index (χ1v) is 9.31. The number of rotatable bonds is 3. The molecule has 0 spiro atoms. The lowest BCUT2D eigenvalue weighted by Crippen LogP contribution is -2.40. The molecule has 2 fully saturated rings. The van der Waals surface area contributed by atoms with E-state index >= 15 is 0 Å². The van der Waals surface area contributed by atoms with Gasteiger partial charge in [-0.15, -0.1) is 11.3 Å². The predicted octanol–water partition coefficient (Wildman–Crippen LogP) is 1.51. The molecule has 2 aliphatic heterocycles. The number of carbonyl (C=O) groups excluding carboxylic acids is 1. The predicted molar refractivity (Wildman–Crippen MR) is 95.1 cm³/mol. The fraction of sp³-hybridized carbons (Fsp3) is 0.471. The second-order valence-electron chi connectivity index (χ2n) is 5.95. The maximum absolute atomic E-state index is 12.5. The number of hydrogen-bond donors (Lipinski definition) is 0. The number of amides is 1. The van der Waals surface area contributed by atoms with E-state index in [0.717, 1.165) is 42.7 Å². The summed E-state index contributed by atoms with van der Waals surface area (Å²) in [7, 11) is 0. The Morgan fingerprint density at radius 1 is 1.04 bits per heavy atom. The Hall–Kier alpha value is -2.03. The molecule has 2 aromatic heterocycles. The second kappa shape index (κ2) is 7.47. The van der Waals surface area contributed by atoms with Gasteiger partial charge < -0.3 is 19.3 Å². The van der Waals surface area contributed by atoms with Crippen LogP contribution in [0.25, 0.3) is 10.6 Å². The van der Waals surface area contributed by atoms with Crippen LogP contribution in [0.2, 0.25) is 0 Å². The van der Waals surface area contributed by atoms with Crippen LogP contribution in [0.3, 0.4) is 0 Å². The Labute approximate surface area is 150 Å². The number of anilines is 1. The van der Waals surface area contributed by atoms with Crippen molar-refractivity contribution in [1.82, 2.24) is 14.9 Å². The van der Waals surface area contributed by atoms with Gasteiger partial charge in [-0.3, -0.25) is 4.79 Å². The molecule has 25 heavy (non-hydrogen) atoms. The van der Waals surface area contributed by atoms with Gasteiger partial charge in [0.25, 0.3) is 5.91 Å². The van der Waals surface area contributed by atoms with Crippen LogP contribution < -0.4 is 4.90 Å². The Kier molecular flexibility index (Phi) is 4.91. The van der Waals surface area contributed by atoms with E-state index in [1.165, 1.54) is 11.3 Å². The second-order valence-corrected chi connectivity index (χ2v) is 6.81. The number of nitrogens with zero attached hydrogens (tertiary/aromatic N) is 4. The van der Waals surface area contributed by atoms with E-state index in [0.29, 0.717) is 32.0 Å². The van der Waals surface area contributed by atoms with Crippen molar-refractivity contribution >= 4 is 23.1 Å². The van der Waals surface area contributed by atoms with Crippen molar-refractivity contribution in [2.24, 2.45) is 0 Å². The molecule has 0 saturated carbocycles. The lowest BCUT2D eigenvalue weighted by Gasteiger charge is -2.27. The van der Waals surface area contributed by atoms with Gasteiger partial charge in [0.2, 0.25) is 0 Å². The molecular weight excluding hydrogens is 340 g/mol. The molecule has 0 atom stereocenters. The number of aromatic nitrogens is 2. The highest BCUT2D eigenvalue weighted by molar-refractivity contribution is 7.13. The monoisotopic (exact) mass is 360 g/mol. The van der Waals surface area contributed by atoms with Crippen LogP contribution in [0.5, 0.6) is 0 Å². The van der Waals surface area contributed by atoms with Crippen molar-refractivity contribution in [3.05, 3.63) is 29.4 Å². The minimum absolute atomic E-state index is 0.0244. The Morgan fingerprint density at radius 2 is 1.76 bits per heavy atom. The molecule has 0 radical (unpaired) electrons. The third-order valence-electron chi connectivity index (χ3n) is 4.35. The summed E-state index contributed by atoms with van der Waals surface area (Å²) in [5, 5.41) is 2.64. The third-order valence-corrected chi connectivity index (χ3v) is 5.24. The number of morpholine rings is 2. The fourth-order valence-corrected chi connectivity index (χ4v) is 3.71. The van der Waals surface area contributed by atoms with Gasteiger partial charge in [-0.1, -0.05) is 0 Å². The van der Waals surface area contributed by atoms with Gasteiger partial charge in [-0.25, -0.2) is 9.97 Å². The highest BCUT2D eigenvalue weighted by atomic mass is 32.1. The first-order chi connectivity index (χ1) is 12.3. The lowest BCUT2D eigenvalue weighted by molar-refractivity contribution is 0.0299. The van der Waals surface area contributed by atoms with E-state index in [1.54, 1.807) is 4.90 Å². The molecule has 0 N–H and O–H groups in total. The van der Waals surface area contributed by atoms with Crippen LogP contribution in [0.15, 0.2) is 23.7 Å². The summed E-state index contributed by atoms with van der Waals surface area (Å²) in [6.45, 7) is 5.64. The molecule has 0 bridgehead atoms. The Bertz CT molecular complexity index is 722. The molecular formula is C17H20N4O3S. The molecule has 1 amide bonds. The van der Waals surface area contributed by atoms with Crippen LogP contribution in [-0.4, -0.2) is 73.4 Å². The van der Waals surface area contributed by atoms with Crippen molar-refractivity contribution in [1.29, 1.82) is 0 Å². The van der Waals surface area contributed by atoms with Gasteiger partial charge in [-0.2, -0.15) is 0 Å². The number of carbonyl (C=O) groups is 1. The molecule has 2 aliphatic rings. The van der Waals surface area contributed by atoms with E-state index in [4.69, 9.17) is 9.47 Å². The number of hydrogen-bond acceptors (Lipinski definition) is 7. The summed E-state index contributed by atoms with van der Waals surface area (Å²) in [6.07, 6.45) is 1.83. The number of pyridine rings is 1. The van der Waals surface area contributed by atoms with E-state index in [1.807, 2.05) is 23.7 Å². The van der Waals surface area contributed by atoms with Crippen molar-refractivity contribution < 1.29 is 14.3 Å². The average molecular weight is 360 g/mol. The normalized spacial score (nSPS) is 18.4. The summed E-state index contributed by atoms with van der Waals surface area (Å²) in [6, 6.07) is 4.02. The van der Waals surface area contributed by atoms with E-state index in [-0.39, 0.29) is 5.91 Å². The summed E-state index contributed by atoms with van der Waals surface area (Å²) in [5.41, 5.74) is 1.43. The quantitative estimate of drug-likeness (QED) is 0.827. The van der Waals surface area contributed by atoms with Gasteiger partial charge in [0.15, 0.2) is 0 Å². The molecule has 8 heteroatoms. The Balaban J connectivity index is 1.46. The summed E-state index contributed by atoms with van der Waals surface area (Å²) in [4.78, 5) is 25.5. The lowest BCUT2D eigenvalue weighted by atomic mass is 10.2. The number of thiazole rings is 1. The van der Waals surface area contributed by atoms with Crippen LogP contribution >= 0.6 is 11.3 Å². The topological polar surface area (TPSA) is 67.8 Å². The highest BCUT2D eigenvalue weighted by Crippen LogP contribution is 2.25. The van der Waals surface area contributed by atoms with Gasteiger partial charge >= 0.3 is 0 Å². The zero-order chi connectivity index (χ0) is 17.1. The summed E-state index contributed by atoms with van der Waals surface area (Å²) < 4.78 is 10.7. The van der Waals surface area contributed by atoms with Crippen molar-refractivity contribution in [3.63, 3.8) is 0 Å². The van der Waals surface area contributed by atoms with Crippen molar-refractivity contribution in [2.45, 2.75) is 0 Å². The minimum atomic E-state index is -0.0244. The maximum atomic E-state index is 12.5. The van der Waals surface area contributed by atoms with E-state index in [9.17, 15) is 4.79 Å². The molecule has 2 aromatic rings. The van der Waals surface area contributed by atoms with Crippen molar-refractivity contribution in [3.8, 4) is 10.6 Å². The summed E-state index contributed by atoms with van der Waals surface area (Å²) >= 11 is 1.47. The van der Waals surface area contributed by atoms with Crippen LogP contribution in [-0.2, 0) is 9.47 Å². The minimum Gasteiger partial charge on any atom is -0.378 e. The first kappa shape index (κ1) is 16.4. The van der Waals surface area contributed by atoms with Crippen LogP contribution in [0, 0.1) is 0 Å². The molecule has 7 nitrogen and oxygen atoms in total. The molecule has 0 aliphatic carbocycles. The number of ether oxygens (including phenoxy) is 2. The standard InChI is InChI=1S/C17H20N4O3S/c22-17(21-5-9-24-10-6-21)14-12-25-16(19-14)13-1-2-15(18-11-13)20-3-7-23-8-4-20/h1-2,11-12H,3-10H2. The van der Waals surface area contributed by atoms with E-state index < -0.39 is 0 Å². The van der Waals surface area contributed by atoms with Crippen LogP contribution in [0.1, 0.15) is 10.5 Å². The largest absolute Gasteiger partial charge is 0.378 e. The highest BCUT2D eigenvalue weighted by Gasteiger charge is 2.21. The summed E-state index contributed by atoms with van der Waals surface area (Å²) in [5.74, 6) is 0.928. The van der Waals surface area contributed by atoms with Crippen molar-refractivity contribution in [2.75, 3.05) is 57.5 Å². The molecule has 132 valence electrons. The molecule has 0 aromatic carbocycles. The van der Waals surface area contributed by atoms with Gasteiger partial charge in [0, 0.05) is 43.3 Å². The zero-order valence-electron chi connectivity index (χ0n) is 13.9. The first-order valence-electron chi connectivity index (χ1n) is 8.43. The molecule has 4 rings (SSSR count). The zero-order valence-corrected chi connectivity index (χ0v) is 14.7. The van der Waals surface area contributed by atoms with Gasteiger partial charge in [-0.05, 0) is 12.1 Å². The fourth-order valence-electron chi connectivity index (χ4n) is 2.93. The Morgan fingerprint density at radius 3 is 2.44 bits per heavy atom. The molecule has 4 heterocycles.